The van der Waals surface area contributed by atoms with Crippen molar-refractivity contribution in [1.29, 1.82) is 0 Å². The van der Waals surface area contributed by atoms with Crippen LogP contribution in [-0.4, -0.2) is 22.8 Å². The predicted molar refractivity (Wildman–Crippen MR) is 78.6 cm³/mol. The molecule has 0 bridgehead atoms. The van der Waals surface area contributed by atoms with Crippen LogP contribution in [-0.2, 0) is 0 Å². The van der Waals surface area contributed by atoms with Crippen molar-refractivity contribution < 1.29 is 4.79 Å². The Balaban J connectivity index is 2.09. The van der Waals surface area contributed by atoms with Gasteiger partial charge >= 0.3 is 0 Å². The Morgan fingerprint density at radius 1 is 1.37 bits per heavy atom. The van der Waals surface area contributed by atoms with Crippen LogP contribution >= 0.6 is 11.6 Å². The van der Waals surface area contributed by atoms with Crippen LogP contribution in [0.3, 0.4) is 0 Å². The van der Waals surface area contributed by atoms with Gasteiger partial charge in [-0.3, -0.25) is 9.78 Å². The number of hydrogen-bond donors (Lipinski definition) is 1. The van der Waals surface area contributed by atoms with Crippen LogP contribution in [0.25, 0.3) is 10.9 Å². The van der Waals surface area contributed by atoms with E-state index in [1.165, 1.54) is 0 Å². The molecule has 100 valence electrons. The zero-order valence-corrected chi connectivity index (χ0v) is 11.7. The number of amides is 1. The van der Waals surface area contributed by atoms with E-state index in [-0.39, 0.29) is 11.3 Å². The topological polar surface area (TPSA) is 42.0 Å². The molecule has 4 heteroatoms. The fourth-order valence-corrected chi connectivity index (χ4v) is 2.04. The summed E-state index contributed by atoms with van der Waals surface area (Å²) in [6, 6.07) is 9.38. The second kappa shape index (κ2) is 6.53. The van der Waals surface area contributed by atoms with E-state index in [1.807, 2.05) is 31.2 Å². The van der Waals surface area contributed by atoms with E-state index in [2.05, 4.69) is 10.3 Å². The molecular formula is C15H17ClN2O. The number of hydrogen-bond acceptors (Lipinski definition) is 2. The summed E-state index contributed by atoms with van der Waals surface area (Å²) in [5, 5.41) is 3.90. The van der Waals surface area contributed by atoms with E-state index in [0.717, 1.165) is 23.7 Å². The lowest BCUT2D eigenvalue weighted by Gasteiger charge is -2.09. The smallest absolute Gasteiger partial charge is 0.252 e. The number of fused-ring (bicyclic) bond motifs is 1. The molecule has 1 unspecified atom stereocenters. The van der Waals surface area contributed by atoms with Crippen molar-refractivity contribution in [2.75, 3.05) is 6.54 Å². The monoisotopic (exact) mass is 276 g/mol. The van der Waals surface area contributed by atoms with E-state index < -0.39 is 0 Å². The third-order valence-corrected chi connectivity index (χ3v) is 3.61. The van der Waals surface area contributed by atoms with Crippen LogP contribution in [0.4, 0.5) is 0 Å². The summed E-state index contributed by atoms with van der Waals surface area (Å²) in [4.78, 5) is 16.4. The second-order valence-corrected chi connectivity index (χ2v) is 5.04. The van der Waals surface area contributed by atoms with E-state index >= 15 is 0 Å². The zero-order chi connectivity index (χ0) is 13.7. The Morgan fingerprint density at radius 3 is 2.95 bits per heavy atom. The highest BCUT2D eigenvalue weighted by atomic mass is 35.5. The van der Waals surface area contributed by atoms with Crippen molar-refractivity contribution in [3.63, 3.8) is 0 Å². The third kappa shape index (κ3) is 3.44. The first-order valence-corrected chi connectivity index (χ1v) is 6.92. The molecule has 0 radical (unpaired) electrons. The molecule has 3 nitrogen and oxygen atoms in total. The molecule has 0 aliphatic rings. The molecule has 0 saturated heterocycles. The quantitative estimate of drug-likeness (QED) is 0.851. The molecule has 2 rings (SSSR count). The molecule has 1 atom stereocenters. The molecule has 1 heterocycles. The summed E-state index contributed by atoms with van der Waals surface area (Å²) >= 11 is 6.03. The highest BCUT2D eigenvalue weighted by Crippen LogP contribution is 2.16. The molecular weight excluding hydrogens is 260 g/mol. The van der Waals surface area contributed by atoms with Gasteiger partial charge in [0.2, 0.25) is 0 Å². The van der Waals surface area contributed by atoms with Crippen molar-refractivity contribution in [2.45, 2.75) is 25.1 Å². The Morgan fingerprint density at radius 2 is 2.16 bits per heavy atom. The molecule has 0 fully saturated rings. The summed E-state index contributed by atoms with van der Waals surface area (Å²) < 4.78 is 0. The van der Waals surface area contributed by atoms with Crippen LogP contribution < -0.4 is 5.32 Å². The van der Waals surface area contributed by atoms with Gasteiger partial charge in [-0.2, -0.15) is 0 Å². The van der Waals surface area contributed by atoms with Gasteiger partial charge in [-0.25, -0.2) is 0 Å². The summed E-state index contributed by atoms with van der Waals surface area (Å²) in [6.07, 6.45) is 3.36. The molecule has 0 aliphatic heterocycles. The van der Waals surface area contributed by atoms with Gasteiger partial charge < -0.3 is 5.32 Å². The van der Waals surface area contributed by atoms with E-state index in [0.29, 0.717) is 12.1 Å². The lowest BCUT2D eigenvalue weighted by Crippen LogP contribution is -2.26. The zero-order valence-electron chi connectivity index (χ0n) is 10.9. The number of aromatic nitrogens is 1. The first-order chi connectivity index (χ1) is 9.22. The highest BCUT2D eigenvalue weighted by Gasteiger charge is 2.10. The maximum atomic E-state index is 12.1. The normalized spacial score (nSPS) is 12.3. The number of pyridine rings is 1. The number of rotatable bonds is 5. The maximum Gasteiger partial charge on any atom is 0.252 e. The highest BCUT2D eigenvalue weighted by molar-refractivity contribution is 6.20. The van der Waals surface area contributed by atoms with Crippen molar-refractivity contribution in [3.05, 3.63) is 42.1 Å². The lowest BCUT2D eigenvalue weighted by atomic mass is 10.1. The summed E-state index contributed by atoms with van der Waals surface area (Å²) in [7, 11) is 0. The van der Waals surface area contributed by atoms with Crippen LogP contribution in [0.1, 0.15) is 30.1 Å². The van der Waals surface area contributed by atoms with Gasteiger partial charge in [0.25, 0.3) is 5.91 Å². The number of benzene rings is 1. The third-order valence-electron chi connectivity index (χ3n) is 3.08. The Hall–Kier alpha value is -1.61. The SMILES string of the molecule is CCC(Cl)CCNC(=O)c1ccnc2ccccc12. The molecule has 19 heavy (non-hydrogen) atoms. The number of nitrogens with zero attached hydrogens (tertiary/aromatic N) is 1. The van der Waals surface area contributed by atoms with Crippen LogP contribution in [0.15, 0.2) is 36.5 Å². The molecule has 1 aromatic heterocycles. The van der Waals surface area contributed by atoms with Gasteiger partial charge in [-0.1, -0.05) is 25.1 Å². The molecule has 1 aromatic carbocycles. The van der Waals surface area contributed by atoms with Gasteiger partial charge in [-0.05, 0) is 25.0 Å². The Labute approximate surface area is 118 Å². The van der Waals surface area contributed by atoms with Crippen LogP contribution in [0.5, 0.6) is 0 Å². The molecule has 0 saturated carbocycles. The fraction of sp³-hybridized carbons (Fsp3) is 0.333. The van der Waals surface area contributed by atoms with E-state index in [9.17, 15) is 4.79 Å². The largest absolute Gasteiger partial charge is 0.352 e. The van der Waals surface area contributed by atoms with E-state index in [1.54, 1.807) is 12.3 Å². The number of para-hydroxylation sites is 1. The van der Waals surface area contributed by atoms with Gasteiger partial charge in [0, 0.05) is 23.5 Å². The average Bonchev–Trinajstić information content (AvgIpc) is 2.46. The molecule has 1 amide bonds. The number of halogens is 1. The van der Waals surface area contributed by atoms with Crippen molar-refractivity contribution in [1.82, 2.24) is 10.3 Å². The van der Waals surface area contributed by atoms with Gasteiger partial charge in [0.1, 0.15) is 0 Å². The Bertz CT molecular complexity index is 566. The number of nitrogens with one attached hydrogen (secondary N) is 1. The minimum absolute atomic E-state index is 0.0708. The standard InChI is InChI=1S/C15H17ClN2O/c1-2-11(16)7-9-18-15(19)13-8-10-17-14-6-4-3-5-12(13)14/h3-6,8,10-11H,2,7,9H2,1H3,(H,18,19). The summed E-state index contributed by atoms with van der Waals surface area (Å²) in [5.41, 5.74) is 1.49. The van der Waals surface area contributed by atoms with Crippen LogP contribution in [0, 0.1) is 0 Å². The summed E-state index contributed by atoms with van der Waals surface area (Å²) in [5.74, 6) is -0.0708. The van der Waals surface area contributed by atoms with Gasteiger partial charge in [0.05, 0.1) is 11.1 Å². The van der Waals surface area contributed by atoms with E-state index in [4.69, 9.17) is 11.6 Å². The minimum Gasteiger partial charge on any atom is -0.352 e. The molecule has 0 aliphatic carbocycles. The molecule has 0 spiro atoms. The maximum absolute atomic E-state index is 12.1. The first kappa shape index (κ1) is 13.8. The van der Waals surface area contributed by atoms with Crippen molar-refractivity contribution in [3.8, 4) is 0 Å². The average molecular weight is 277 g/mol. The summed E-state index contributed by atoms with van der Waals surface area (Å²) in [6.45, 7) is 2.63. The van der Waals surface area contributed by atoms with Crippen molar-refractivity contribution in [2.24, 2.45) is 0 Å². The van der Waals surface area contributed by atoms with Gasteiger partial charge in [0.15, 0.2) is 0 Å². The second-order valence-electron chi connectivity index (χ2n) is 4.43. The minimum atomic E-state index is -0.0708. The number of alkyl halides is 1. The number of carbonyl (C=O) groups is 1. The first-order valence-electron chi connectivity index (χ1n) is 6.48. The molecule has 2 aromatic rings. The van der Waals surface area contributed by atoms with Crippen molar-refractivity contribution >= 4 is 28.4 Å². The van der Waals surface area contributed by atoms with Crippen LogP contribution in [0.2, 0.25) is 0 Å². The predicted octanol–water partition coefficient (Wildman–Crippen LogP) is 3.37. The number of carbonyl (C=O) groups excluding carboxylic acids is 1. The Kier molecular flexibility index (Phi) is 4.74. The fourth-order valence-electron chi connectivity index (χ4n) is 1.94. The lowest BCUT2D eigenvalue weighted by molar-refractivity contribution is 0.0954. The molecule has 1 N–H and O–H groups in total. The van der Waals surface area contributed by atoms with Gasteiger partial charge in [-0.15, -0.1) is 11.6 Å².